The van der Waals surface area contributed by atoms with Gasteiger partial charge in [-0.1, -0.05) is 26.8 Å². The lowest BCUT2D eigenvalue weighted by Crippen LogP contribution is -2.21. The highest BCUT2D eigenvalue weighted by molar-refractivity contribution is 5.99. The minimum Gasteiger partial charge on any atom is -0.497 e. The maximum absolute atomic E-state index is 12.7. The van der Waals surface area contributed by atoms with Gasteiger partial charge in [0.05, 0.1) is 18.5 Å². The smallest absolute Gasteiger partial charge is 0.324 e. The number of carbonyl (C=O) groups excluding carboxylic acids is 1. The van der Waals surface area contributed by atoms with Crippen molar-refractivity contribution in [2.24, 2.45) is 0 Å². The quantitative estimate of drug-likeness (QED) is 0.632. The van der Waals surface area contributed by atoms with Crippen molar-refractivity contribution in [2.75, 3.05) is 36.7 Å². The van der Waals surface area contributed by atoms with Crippen molar-refractivity contribution in [2.45, 2.75) is 26.2 Å². The van der Waals surface area contributed by atoms with Crippen molar-refractivity contribution >= 4 is 23.2 Å². The first kappa shape index (κ1) is 21.2. The van der Waals surface area contributed by atoms with Gasteiger partial charge in [-0.15, -0.1) is 0 Å². The van der Waals surface area contributed by atoms with E-state index in [1.807, 2.05) is 73.6 Å². The van der Waals surface area contributed by atoms with Gasteiger partial charge >= 0.3 is 6.03 Å². The largest absolute Gasteiger partial charge is 0.497 e. The number of methoxy groups -OCH3 is 1. The number of anilines is 3. The molecular weight excluding hydrogens is 378 g/mol. The normalized spacial score (nSPS) is 11.1. The van der Waals surface area contributed by atoms with E-state index in [0.29, 0.717) is 11.5 Å². The topological polar surface area (TPSA) is 71.4 Å². The maximum Gasteiger partial charge on any atom is 0.324 e. The molecule has 0 saturated carbocycles. The Bertz CT molecular complexity index is 1020. The number of nitrogens with one attached hydrogen (secondary N) is 2. The summed E-state index contributed by atoms with van der Waals surface area (Å²) in [6.45, 7) is 6.25. The molecule has 7 nitrogen and oxygen atoms in total. The zero-order valence-corrected chi connectivity index (χ0v) is 18.4. The molecule has 2 N–H and O–H groups in total. The van der Waals surface area contributed by atoms with Crippen LogP contribution >= 0.6 is 0 Å². The molecule has 158 valence electrons. The molecule has 0 saturated heterocycles. The van der Waals surface area contributed by atoms with Crippen LogP contribution in [0.4, 0.5) is 22.0 Å². The van der Waals surface area contributed by atoms with Gasteiger partial charge in [-0.05, 0) is 36.4 Å². The van der Waals surface area contributed by atoms with Gasteiger partial charge in [0.2, 0.25) is 0 Å². The van der Waals surface area contributed by atoms with Crippen LogP contribution in [0.25, 0.3) is 5.69 Å². The molecule has 3 aromatic rings. The van der Waals surface area contributed by atoms with Gasteiger partial charge in [0.1, 0.15) is 11.6 Å². The van der Waals surface area contributed by atoms with Crippen LogP contribution in [-0.2, 0) is 5.41 Å². The Balaban J connectivity index is 1.86. The molecule has 7 heteroatoms. The molecule has 0 aliphatic heterocycles. The summed E-state index contributed by atoms with van der Waals surface area (Å²) in [7, 11) is 5.57. The van der Waals surface area contributed by atoms with Gasteiger partial charge in [-0.25, -0.2) is 9.48 Å². The Kier molecular flexibility index (Phi) is 6.01. The maximum atomic E-state index is 12.7. The van der Waals surface area contributed by atoms with E-state index in [2.05, 4.69) is 31.4 Å². The van der Waals surface area contributed by atoms with E-state index in [9.17, 15) is 4.79 Å². The van der Waals surface area contributed by atoms with Crippen LogP contribution in [0.15, 0.2) is 54.6 Å². The highest BCUT2D eigenvalue weighted by atomic mass is 16.5. The molecule has 0 unspecified atom stereocenters. The molecule has 0 aliphatic carbocycles. The van der Waals surface area contributed by atoms with E-state index in [0.717, 1.165) is 22.8 Å². The van der Waals surface area contributed by atoms with Gasteiger partial charge in [0.15, 0.2) is 0 Å². The molecule has 2 aromatic carbocycles. The van der Waals surface area contributed by atoms with Crippen LogP contribution in [0, 0.1) is 0 Å². The summed E-state index contributed by atoms with van der Waals surface area (Å²) in [6.07, 6.45) is 0. The van der Waals surface area contributed by atoms with E-state index < -0.39 is 0 Å². The van der Waals surface area contributed by atoms with E-state index in [1.165, 1.54) is 0 Å². The van der Waals surface area contributed by atoms with Crippen molar-refractivity contribution in [3.63, 3.8) is 0 Å². The summed E-state index contributed by atoms with van der Waals surface area (Å²) in [5.41, 5.74) is 3.28. The molecule has 0 radical (unpaired) electrons. The van der Waals surface area contributed by atoms with E-state index in [4.69, 9.17) is 9.84 Å². The molecule has 0 bridgehead atoms. The lowest BCUT2D eigenvalue weighted by atomic mass is 9.92. The van der Waals surface area contributed by atoms with Crippen molar-refractivity contribution in [3.8, 4) is 11.4 Å². The number of hydrogen-bond donors (Lipinski definition) is 2. The highest BCUT2D eigenvalue weighted by Gasteiger charge is 2.21. The fourth-order valence-electron chi connectivity index (χ4n) is 2.90. The van der Waals surface area contributed by atoms with Crippen molar-refractivity contribution < 1.29 is 9.53 Å². The predicted molar refractivity (Wildman–Crippen MR) is 122 cm³/mol. The van der Waals surface area contributed by atoms with E-state index in [1.54, 1.807) is 11.8 Å². The summed E-state index contributed by atoms with van der Waals surface area (Å²) in [5, 5.41) is 10.5. The standard InChI is InChI=1S/C23H29N5O2/c1-23(2,3)20-15-21(28(26-20)18-8-7-9-19(14-18)30-6)25-22(29)24-16-10-12-17(13-11-16)27(4)5/h7-15H,1-6H3,(H2,24,25,29). The second-order valence-electron chi connectivity index (χ2n) is 8.30. The minimum absolute atomic E-state index is 0.168. The van der Waals surface area contributed by atoms with Crippen molar-refractivity contribution in [3.05, 3.63) is 60.3 Å². The highest BCUT2D eigenvalue weighted by Crippen LogP contribution is 2.27. The van der Waals surface area contributed by atoms with Gasteiger partial charge in [-0.3, -0.25) is 5.32 Å². The molecule has 1 aromatic heterocycles. The van der Waals surface area contributed by atoms with Gasteiger partial charge in [0, 0.05) is 43.0 Å². The number of nitrogens with zero attached hydrogens (tertiary/aromatic N) is 3. The zero-order chi connectivity index (χ0) is 21.9. The number of benzene rings is 2. The molecular formula is C23H29N5O2. The molecule has 0 aliphatic rings. The summed E-state index contributed by atoms with van der Waals surface area (Å²) < 4.78 is 7.05. The summed E-state index contributed by atoms with van der Waals surface area (Å²) in [5.74, 6) is 1.30. The monoisotopic (exact) mass is 407 g/mol. The van der Waals surface area contributed by atoms with Crippen molar-refractivity contribution in [1.82, 2.24) is 9.78 Å². The van der Waals surface area contributed by atoms with Crippen molar-refractivity contribution in [1.29, 1.82) is 0 Å². The predicted octanol–water partition coefficient (Wildman–Crippen LogP) is 4.89. The number of carbonyl (C=O) groups is 1. The first-order chi connectivity index (χ1) is 14.2. The Labute approximate surface area is 177 Å². The number of rotatable bonds is 5. The van der Waals surface area contributed by atoms with Gasteiger partial charge in [-0.2, -0.15) is 5.10 Å². The third-order valence-electron chi connectivity index (χ3n) is 4.66. The first-order valence-corrected chi connectivity index (χ1v) is 9.78. The Hall–Kier alpha value is -3.48. The van der Waals surface area contributed by atoms with E-state index in [-0.39, 0.29) is 11.4 Å². The van der Waals surface area contributed by atoms with Crippen LogP contribution in [0.2, 0.25) is 0 Å². The van der Waals surface area contributed by atoms with Crippen LogP contribution < -0.4 is 20.3 Å². The zero-order valence-electron chi connectivity index (χ0n) is 18.4. The fraction of sp³-hybridized carbons (Fsp3) is 0.304. The third kappa shape index (κ3) is 4.92. The van der Waals surface area contributed by atoms with Gasteiger partial charge < -0.3 is 15.0 Å². The number of urea groups is 1. The summed E-state index contributed by atoms with van der Waals surface area (Å²) in [4.78, 5) is 14.7. The summed E-state index contributed by atoms with van der Waals surface area (Å²) >= 11 is 0. The summed E-state index contributed by atoms with van der Waals surface area (Å²) in [6, 6.07) is 16.8. The number of ether oxygens (including phenoxy) is 1. The van der Waals surface area contributed by atoms with Crippen LogP contribution in [0.5, 0.6) is 5.75 Å². The second-order valence-corrected chi connectivity index (χ2v) is 8.30. The SMILES string of the molecule is COc1cccc(-n2nc(C(C)(C)C)cc2NC(=O)Nc2ccc(N(C)C)cc2)c1. The first-order valence-electron chi connectivity index (χ1n) is 9.78. The Morgan fingerprint density at radius 3 is 2.33 bits per heavy atom. The lowest BCUT2D eigenvalue weighted by Gasteiger charge is -2.14. The van der Waals surface area contributed by atoms with Crippen LogP contribution in [-0.4, -0.2) is 37.0 Å². The number of hydrogen-bond acceptors (Lipinski definition) is 4. The molecule has 0 spiro atoms. The van der Waals surface area contributed by atoms with Crippen LogP contribution in [0.3, 0.4) is 0 Å². The number of aromatic nitrogens is 2. The Morgan fingerprint density at radius 1 is 1.03 bits per heavy atom. The lowest BCUT2D eigenvalue weighted by molar-refractivity contribution is 0.262. The second kappa shape index (κ2) is 8.49. The third-order valence-corrected chi connectivity index (χ3v) is 4.66. The van der Waals surface area contributed by atoms with Crippen LogP contribution in [0.1, 0.15) is 26.5 Å². The minimum atomic E-state index is -0.336. The molecule has 1 heterocycles. The van der Waals surface area contributed by atoms with E-state index >= 15 is 0 Å². The molecule has 3 rings (SSSR count). The average molecular weight is 408 g/mol. The number of amides is 2. The molecule has 2 amide bonds. The molecule has 30 heavy (non-hydrogen) atoms. The Morgan fingerprint density at radius 2 is 1.73 bits per heavy atom. The average Bonchev–Trinajstić information content (AvgIpc) is 3.12. The molecule has 0 atom stereocenters. The fourth-order valence-corrected chi connectivity index (χ4v) is 2.90. The molecule has 0 fully saturated rings. The van der Waals surface area contributed by atoms with Gasteiger partial charge in [0.25, 0.3) is 0 Å².